The van der Waals surface area contributed by atoms with Crippen molar-refractivity contribution in [2.45, 2.75) is 4.90 Å². The third kappa shape index (κ3) is 2.26. The molecule has 3 N–H and O–H groups in total. The summed E-state index contributed by atoms with van der Waals surface area (Å²) in [6.45, 7) is 0.643. The zero-order chi connectivity index (χ0) is 12.6. The van der Waals surface area contributed by atoms with Gasteiger partial charge in [0.25, 0.3) is 0 Å². The van der Waals surface area contributed by atoms with E-state index in [-0.39, 0.29) is 22.4 Å². The molecular formula is C10H13ClN2O3S. The molecule has 1 aromatic rings. The summed E-state index contributed by atoms with van der Waals surface area (Å²) in [5.41, 5.74) is 5.91. The van der Waals surface area contributed by atoms with Crippen LogP contribution in [-0.4, -0.2) is 37.5 Å². The Bertz CT molecular complexity index is 526. The SMILES string of the molecule is Nc1ccc(Cl)c(S(=O)(=O)N2CC(CO)C2)c1. The summed E-state index contributed by atoms with van der Waals surface area (Å²) in [4.78, 5) is 0.0237. The van der Waals surface area contributed by atoms with E-state index in [0.29, 0.717) is 18.8 Å². The smallest absolute Gasteiger partial charge is 0.244 e. The first-order valence-electron chi connectivity index (χ1n) is 5.11. The summed E-state index contributed by atoms with van der Waals surface area (Å²) in [6.07, 6.45) is 0. The van der Waals surface area contributed by atoms with Crippen molar-refractivity contribution in [3.05, 3.63) is 23.2 Å². The first-order chi connectivity index (χ1) is 7.95. The molecule has 1 aliphatic heterocycles. The maximum absolute atomic E-state index is 12.2. The number of benzene rings is 1. The molecule has 1 heterocycles. The van der Waals surface area contributed by atoms with Gasteiger partial charge in [0, 0.05) is 31.3 Å². The van der Waals surface area contributed by atoms with Crippen LogP contribution in [-0.2, 0) is 10.0 Å². The molecular weight excluding hydrogens is 264 g/mol. The van der Waals surface area contributed by atoms with Crippen LogP contribution in [0, 0.1) is 5.92 Å². The minimum Gasteiger partial charge on any atom is -0.399 e. The lowest BCUT2D eigenvalue weighted by Crippen LogP contribution is -2.51. The number of anilines is 1. The summed E-state index contributed by atoms with van der Waals surface area (Å²) in [5, 5.41) is 9.03. The van der Waals surface area contributed by atoms with E-state index in [9.17, 15) is 8.42 Å². The van der Waals surface area contributed by atoms with Crippen LogP contribution < -0.4 is 5.73 Å². The van der Waals surface area contributed by atoms with Crippen LogP contribution in [0.15, 0.2) is 23.1 Å². The monoisotopic (exact) mass is 276 g/mol. The van der Waals surface area contributed by atoms with Crippen LogP contribution in [0.3, 0.4) is 0 Å². The minimum atomic E-state index is -3.59. The van der Waals surface area contributed by atoms with E-state index >= 15 is 0 Å². The lowest BCUT2D eigenvalue weighted by atomic mass is 10.1. The highest BCUT2D eigenvalue weighted by molar-refractivity contribution is 7.89. The van der Waals surface area contributed by atoms with Gasteiger partial charge in [0.2, 0.25) is 10.0 Å². The van der Waals surface area contributed by atoms with Crippen molar-refractivity contribution in [1.82, 2.24) is 4.31 Å². The Morgan fingerprint density at radius 1 is 1.47 bits per heavy atom. The standard InChI is InChI=1S/C10H13ClN2O3S/c11-9-2-1-8(12)3-10(9)17(15,16)13-4-7(5-13)6-14/h1-3,7,14H,4-6,12H2. The molecule has 0 saturated carbocycles. The molecule has 5 nitrogen and oxygen atoms in total. The van der Waals surface area contributed by atoms with Crippen LogP contribution in [0.4, 0.5) is 5.69 Å². The average molecular weight is 277 g/mol. The fourth-order valence-corrected chi connectivity index (χ4v) is 3.79. The highest BCUT2D eigenvalue weighted by Gasteiger charge is 2.37. The number of nitrogens with two attached hydrogens (primary N) is 1. The molecule has 1 aliphatic rings. The van der Waals surface area contributed by atoms with Gasteiger partial charge in [0.05, 0.1) is 5.02 Å². The van der Waals surface area contributed by atoms with Gasteiger partial charge >= 0.3 is 0 Å². The topological polar surface area (TPSA) is 83.6 Å². The van der Waals surface area contributed by atoms with Crippen LogP contribution in [0.25, 0.3) is 0 Å². The molecule has 0 spiro atoms. The van der Waals surface area contributed by atoms with Crippen LogP contribution in [0.1, 0.15) is 0 Å². The molecule has 0 atom stereocenters. The maximum atomic E-state index is 12.2. The largest absolute Gasteiger partial charge is 0.399 e. The molecule has 0 radical (unpaired) electrons. The van der Waals surface area contributed by atoms with Crippen LogP contribution >= 0.6 is 11.6 Å². The summed E-state index contributed by atoms with van der Waals surface area (Å²) in [5.74, 6) is 0.0182. The minimum absolute atomic E-state index is 0.00329. The van der Waals surface area contributed by atoms with E-state index < -0.39 is 10.0 Å². The molecule has 0 aliphatic carbocycles. The summed E-state index contributed by atoms with van der Waals surface area (Å²) in [7, 11) is -3.59. The molecule has 0 aromatic heterocycles. The van der Waals surface area contributed by atoms with E-state index in [1.165, 1.54) is 16.4 Å². The second kappa shape index (κ2) is 4.45. The van der Waals surface area contributed by atoms with E-state index in [1.807, 2.05) is 0 Å². The van der Waals surface area contributed by atoms with Crippen LogP contribution in [0.5, 0.6) is 0 Å². The van der Waals surface area contributed by atoms with E-state index in [4.69, 9.17) is 22.4 Å². The third-order valence-corrected chi connectivity index (χ3v) is 5.07. The second-order valence-electron chi connectivity index (χ2n) is 4.06. The number of hydrogen-bond acceptors (Lipinski definition) is 4. The summed E-state index contributed by atoms with van der Waals surface area (Å²) < 4.78 is 25.6. The Morgan fingerprint density at radius 3 is 2.71 bits per heavy atom. The Kier molecular flexibility index (Phi) is 3.31. The molecule has 1 saturated heterocycles. The van der Waals surface area contributed by atoms with Crippen molar-refractivity contribution in [1.29, 1.82) is 0 Å². The van der Waals surface area contributed by atoms with Crippen molar-refractivity contribution in [3.63, 3.8) is 0 Å². The zero-order valence-corrected chi connectivity index (χ0v) is 10.6. The fourth-order valence-electron chi connectivity index (χ4n) is 1.69. The van der Waals surface area contributed by atoms with Gasteiger partial charge in [-0.15, -0.1) is 0 Å². The Morgan fingerprint density at radius 2 is 2.12 bits per heavy atom. The number of rotatable bonds is 3. The Hall–Kier alpha value is -0.820. The predicted molar refractivity (Wildman–Crippen MR) is 65.2 cm³/mol. The first-order valence-corrected chi connectivity index (χ1v) is 6.93. The Labute approximate surface area is 105 Å². The number of nitrogen functional groups attached to an aromatic ring is 1. The maximum Gasteiger partial charge on any atom is 0.244 e. The van der Waals surface area contributed by atoms with Gasteiger partial charge in [-0.1, -0.05) is 11.6 Å². The first kappa shape index (κ1) is 12.6. The molecule has 1 aromatic carbocycles. The number of halogens is 1. The van der Waals surface area contributed by atoms with Gasteiger partial charge < -0.3 is 10.8 Å². The van der Waals surface area contributed by atoms with Crippen molar-refractivity contribution >= 4 is 27.3 Å². The van der Waals surface area contributed by atoms with Crippen molar-refractivity contribution in [2.75, 3.05) is 25.4 Å². The Balaban J connectivity index is 2.30. The predicted octanol–water partition coefficient (Wildman–Crippen LogP) is 0.535. The molecule has 1 fully saturated rings. The van der Waals surface area contributed by atoms with Crippen molar-refractivity contribution < 1.29 is 13.5 Å². The molecule has 17 heavy (non-hydrogen) atoms. The van der Waals surface area contributed by atoms with Gasteiger partial charge in [-0.2, -0.15) is 4.31 Å². The molecule has 7 heteroatoms. The number of aliphatic hydroxyl groups is 1. The van der Waals surface area contributed by atoms with Crippen molar-refractivity contribution in [2.24, 2.45) is 5.92 Å². The summed E-state index contributed by atoms with van der Waals surface area (Å²) >= 11 is 5.87. The summed E-state index contributed by atoms with van der Waals surface area (Å²) in [6, 6.07) is 4.37. The average Bonchev–Trinajstić information content (AvgIpc) is 2.19. The molecule has 0 bridgehead atoms. The highest BCUT2D eigenvalue weighted by atomic mass is 35.5. The number of nitrogens with zero attached hydrogens (tertiary/aromatic N) is 1. The quantitative estimate of drug-likeness (QED) is 0.789. The zero-order valence-electron chi connectivity index (χ0n) is 9.01. The van der Waals surface area contributed by atoms with Gasteiger partial charge in [0.1, 0.15) is 4.90 Å². The van der Waals surface area contributed by atoms with E-state index in [1.54, 1.807) is 6.07 Å². The highest BCUT2D eigenvalue weighted by Crippen LogP contribution is 2.30. The van der Waals surface area contributed by atoms with Crippen LogP contribution in [0.2, 0.25) is 5.02 Å². The van der Waals surface area contributed by atoms with E-state index in [2.05, 4.69) is 0 Å². The number of hydrogen-bond donors (Lipinski definition) is 2. The number of sulfonamides is 1. The normalized spacial score (nSPS) is 18.0. The van der Waals surface area contributed by atoms with Gasteiger partial charge in [-0.05, 0) is 18.2 Å². The molecule has 2 rings (SSSR count). The van der Waals surface area contributed by atoms with Crippen molar-refractivity contribution in [3.8, 4) is 0 Å². The second-order valence-corrected chi connectivity index (χ2v) is 6.37. The van der Waals surface area contributed by atoms with E-state index in [0.717, 1.165) is 0 Å². The molecule has 0 amide bonds. The third-order valence-electron chi connectivity index (χ3n) is 2.75. The fraction of sp³-hybridized carbons (Fsp3) is 0.400. The van der Waals surface area contributed by atoms with Gasteiger partial charge in [-0.3, -0.25) is 0 Å². The van der Waals surface area contributed by atoms with Gasteiger partial charge in [-0.25, -0.2) is 8.42 Å². The molecule has 94 valence electrons. The van der Waals surface area contributed by atoms with Gasteiger partial charge in [0.15, 0.2) is 0 Å². The lowest BCUT2D eigenvalue weighted by Gasteiger charge is -2.37. The number of aliphatic hydroxyl groups excluding tert-OH is 1. The lowest BCUT2D eigenvalue weighted by molar-refractivity contribution is 0.117. The molecule has 0 unspecified atom stereocenters.